The lowest BCUT2D eigenvalue weighted by molar-refractivity contribution is -0.152. The van der Waals surface area contributed by atoms with Gasteiger partial charge in [-0.1, -0.05) is 30.3 Å². The minimum atomic E-state index is -1.43. The van der Waals surface area contributed by atoms with E-state index in [1.807, 2.05) is 0 Å². The quantitative estimate of drug-likeness (QED) is 0.619. The number of esters is 1. The lowest BCUT2D eigenvalue weighted by Gasteiger charge is -2.12. The number of ether oxygens (including phenoxy) is 3. The average Bonchev–Trinajstić information content (AvgIpc) is 2.65. The van der Waals surface area contributed by atoms with Crippen LogP contribution in [0, 0.1) is 0 Å². The van der Waals surface area contributed by atoms with Gasteiger partial charge in [-0.25, -0.2) is 4.79 Å². The maximum absolute atomic E-state index is 12.2. The Bertz CT molecular complexity index is 711. The van der Waals surface area contributed by atoms with Crippen molar-refractivity contribution in [2.75, 3.05) is 20.8 Å². The first-order chi connectivity index (χ1) is 11.6. The third kappa shape index (κ3) is 4.11. The van der Waals surface area contributed by atoms with Gasteiger partial charge in [-0.05, 0) is 17.7 Å². The van der Waals surface area contributed by atoms with Crippen LogP contribution in [0.15, 0.2) is 48.5 Å². The van der Waals surface area contributed by atoms with Gasteiger partial charge in [0.1, 0.15) is 11.5 Å². The molecule has 2 aromatic rings. The third-order valence-electron chi connectivity index (χ3n) is 3.39. The smallest absolute Gasteiger partial charge is 0.340 e. The van der Waals surface area contributed by atoms with Crippen molar-refractivity contribution >= 4 is 11.8 Å². The molecule has 2 aromatic carbocycles. The molecular formula is C18H18O6. The molecule has 0 aliphatic rings. The molecule has 0 bridgehead atoms. The first-order valence-electron chi connectivity index (χ1n) is 7.21. The molecule has 0 radical (unpaired) electrons. The van der Waals surface area contributed by atoms with Crippen LogP contribution < -0.4 is 9.47 Å². The van der Waals surface area contributed by atoms with Gasteiger partial charge in [0.15, 0.2) is 12.7 Å². The lowest BCUT2D eigenvalue weighted by Crippen LogP contribution is -2.20. The Morgan fingerprint density at radius 2 is 1.75 bits per heavy atom. The van der Waals surface area contributed by atoms with Crippen molar-refractivity contribution in [1.82, 2.24) is 0 Å². The van der Waals surface area contributed by atoms with Crippen LogP contribution in [0.3, 0.4) is 0 Å². The van der Waals surface area contributed by atoms with Crippen molar-refractivity contribution in [3.8, 4) is 11.5 Å². The zero-order chi connectivity index (χ0) is 17.5. The van der Waals surface area contributed by atoms with E-state index in [4.69, 9.17) is 14.2 Å². The molecule has 6 heteroatoms. The van der Waals surface area contributed by atoms with E-state index in [-0.39, 0.29) is 5.56 Å². The van der Waals surface area contributed by atoms with Gasteiger partial charge in [0.2, 0.25) is 5.78 Å². The monoisotopic (exact) mass is 330 g/mol. The Morgan fingerprint density at radius 1 is 1.04 bits per heavy atom. The summed E-state index contributed by atoms with van der Waals surface area (Å²) in [6.07, 6.45) is -1.43. The van der Waals surface area contributed by atoms with Gasteiger partial charge >= 0.3 is 5.97 Å². The van der Waals surface area contributed by atoms with Crippen molar-refractivity contribution in [1.29, 1.82) is 0 Å². The standard InChI is InChI=1S/C18H18O6/c1-22-13-8-9-14(16(10-13)23-2)15(19)11-24-18(21)17(20)12-6-4-3-5-7-12/h3-10,17,20H,11H2,1-2H3/t17-/m1/s1. The molecule has 1 N–H and O–H groups in total. The summed E-state index contributed by atoms with van der Waals surface area (Å²) in [6, 6.07) is 13.0. The summed E-state index contributed by atoms with van der Waals surface area (Å²) in [4.78, 5) is 24.1. The van der Waals surface area contributed by atoms with Gasteiger partial charge in [0, 0.05) is 6.07 Å². The van der Waals surface area contributed by atoms with E-state index in [9.17, 15) is 14.7 Å². The predicted molar refractivity (Wildman–Crippen MR) is 86.2 cm³/mol. The van der Waals surface area contributed by atoms with Crippen LogP contribution in [0.5, 0.6) is 11.5 Å². The van der Waals surface area contributed by atoms with Gasteiger partial charge in [-0.2, -0.15) is 0 Å². The highest BCUT2D eigenvalue weighted by atomic mass is 16.5. The van der Waals surface area contributed by atoms with E-state index in [1.54, 1.807) is 42.5 Å². The molecule has 0 unspecified atom stereocenters. The van der Waals surface area contributed by atoms with Crippen molar-refractivity contribution in [2.24, 2.45) is 0 Å². The van der Waals surface area contributed by atoms with Crippen LogP contribution in [-0.2, 0) is 9.53 Å². The van der Waals surface area contributed by atoms with Gasteiger partial charge in [0.25, 0.3) is 0 Å². The van der Waals surface area contributed by atoms with Crippen molar-refractivity contribution in [3.05, 3.63) is 59.7 Å². The first kappa shape index (κ1) is 17.5. The fourth-order valence-electron chi connectivity index (χ4n) is 2.09. The Balaban J connectivity index is 2.01. The Labute approximate surface area is 139 Å². The molecule has 0 aliphatic heterocycles. The topological polar surface area (TPSA) is 82.1 Å². The van der Waals surface area contributed by atoms with E-state index in [1.165, 1.54) is 20.3 Å². The first-order valence-corrected chi connectivity index (χ1v) is 7.21. The predicted octanol–water partition coefficient (Wildman–Crippen LogP) is 2.16. The fraction of sp³-hybridized carbons (Fsp3) is 0.222. The molecule has 0 spiro atoms. The number of Topliss-reactive ketones (excluding diaryl/α,β-unsaturated/α-hetero) is 1. The highest BCUT2D eigenvalue weighted by molar-refractivity contribution is 6.00. The van der Waals surface area contributed by atoms with Crippen molar-refractivity contribution < 1.29 is 28.9 Å². The summed E-state index contributed by atoms with van der Waals surface area (Å²) >= 11 is 0. The highest BCUT2D eigenvalue weighted by Crippen LogP contribution is 2.25. The zero-order valence-corrected chi connectivity index (χ0v) is 13.4. The molecule has 126 valence electrons. The molecule has 24 heavy (non-hydrogen) atoms. The van der Waals surface area contributed by atoms with E-state index in [0.717, 1.165) is 0 Å². The van der Waals surface area contributed by atoms with Crippen LogP contribution in [-0.4, -0.2) is 37.7 Å². The normalized spacial score (nSPS) is 11.5. The van der Waals surface area contributed by atoms with Gasteiger partial charge in [-0.3, -0.25) is 4.79 Å². The summed E-state index contributed by atoms with van der Waals surface area (Å²) in [5, 5.41) is 9.91. The van der Waals surface area contributed by atoms with E-state index in [2.05, 4.69) is 0 Å². The molecule has 0 aromatic heterocycles. The largest absolute Gasteiger partial charge is 0.497 e. The Morgan fingerprint density at radius 3 is 2.38 bits per heavy atom. The highest BCUT2D eigenvalue weighted by Gasteiger charge is 2.21. The van der Waals surface area contributed by atoms with E-state index < -0.39 is 24.5 Å². The average molecular weight is 330 g/mol. The summed E-state index contributed by atoms with van der Waals surface area (Å²) < 4.78 is 15.1. The molecule has 1 atom stereocenters. The molecule has 0 heterocycles. The van der Waals surface area contributed by atoms with E-state index in [0.29, 0.717) is 17.1 Å². The number of benzene rings is 2. The van der Waals surface area contributed by atoms with Gasteiger partial charge in [-0.15, -0.1) is 0 Å². The molecule has 0 saturated carbocycles. The number of methoxy groups -OCH3 is 2. The Hall–Kier alpha value is -2.86. The molecule has 0 saturated heterocycles. The lowest BCUT2D eigenvalue weighted by atomic mass is 10.1. The number of aliphatic hydroxyl groups excluding tert-OH is 1. The molecule has 2 rings (SSSR count). The summed E-state index contributed by atoms with van der Waals surface area (Å²) in [7, 11) is 2.93. The second-order valence-corrected chi connectivity index (χ2v) is 4.91. The molecule has 0 amide bonds. The molecule has 0 fully saturated rings. The maximum atomic E-state index is 12.2. The Kier molecular flexibility index (Phi) is 5.92. The van der Waals surface area contributed by atoms with Crippen LogP contribution in [0.25, 0.3) is 0 Å². The summed E-state index contributed by atoms with van der Waals surface area (Å²) in [5.74, 6) is -0.468. The summed E-state index contributed by atoms with van der Waals surface area (Å²) in [5.41, 5.74) is 0.664. The maximum Gasteiger partial charge on any atom is 0.340 e. The summed E-state index contributed by atoms with van der Waals surface area (Å²) in [6.45, 7) is -0.495. The number of carbonyl (C=O) groups is 2. The number of aliphatic hydroxyl groups is 1. The van der Waals surface area contributed by atoms with Crippen LogP contribution in [0.1, 0.15) is 22.0 Å². The van der Waals surface area contributed by atoms with E-state index >= 15 is 0 Å². The number of hydrogen-bond donors (Lipinski definition) is 1. The second-order valence-electron chi connectivity index (χ2n) is 4.91. The number of carbonyl (C=O) groups excluding carboxylic acids is 2. The van der Waals surface area contributed by atoms with Crippen molar-refractivity contribution in [3.63, 3.8) is 0 Å². The molecule has 0 aliphatic carbocycles. The minimum Gasteiger partial charge on any atom is -0.497 e. The second kappa shape index (κ2) is 8.12. The third-order valence-corrected chi connectivity index (χ3v) is 3.39. The SMILES string of the molecule is COc1ccc(C(=O)COC(=O)[C@H](O)c2ccccc2)c(OC)c1. The van der Waals surface area contributed by atoms with Gasteiger partial charge in [0.05, 0.1) is 19.8 Å². The minimum absolute atomic E-state index is 0.264. The zero-order valence-electron chi connectivity index (χ0n) is 13.4. The van der Waals surface area contributed by atoms with Crippen molar-refractivity contribution in [2.45, 2.75) is 6.10 Å². The molecular weight excluding hydrogens is 312 g/mol. The van der Waals surface area contributed by atoms with Gasteiger partial charge < -0.3 is 19.3 Å². The molecule has 6 nitrogen and oxygen atoms in total. The van der Waals surface area contributed by atoms with Crippen LogP contribution in [0.4, 0.5) is 0 Å². The van der Waals surface area contributed by atoms with Crippen LogP contribution >= 0.6 is 0 Å². The number of ketones is 1. The number of rotatable bonds is 7. The number of hydrogen-bond acceptors (Lipinski definition) is 6. The van der Waals surface area contributed by atoms with Crippen LogP contribution in [0.2, 0.25) is 0 Å². The fourth-order valence-corrected chi connectivity index (χ4v) is 2.09.